The van der Waals surface area contributed by atoms with Gasteiger partial charge >= 0.3 is 0 Å². The highest BCUT2D eigenvalue weighted by Crippen LogP contribution is 2.24. The molecule has 7 heteroatoms. The van der Waals surface area contributed by atoms with Crippen LogP contribution in [0.4, 0.5) is 4.39 Å². The zero-order chi connectivity index (χ0) is 22.0. The number of rotatable bonds is 7. The van der Waals surface area contributed by atoms with Crippen LogP contribution in [0.2, 0.25) is 5.02 Å². The van der Waals surface area contributed by atoms with E-state index in [0.717, 1.165) is 35.1 Å². The lowest BCUT2D eigenvalue weighted by Gasteiger charge is -2.13. The first-order valence-electron chi connectivity index (χ1n) is 10.1. The summed E-state index contributed by atoms with van der Waals surface area (Å²) in [6, 6.07) is 14.7. The van der Waals surface area contributed by atoms with Crippen LogP contribution in [-0.2, 0) is 13.5 Å². The summed E-state index contributed by atoms with van der Waals surface area (Å²) in [4.78, 5) is 19.3. The zero-order valence-corrected chi connectivity index (χ0v) is 18.3. The minimum atomic E-state index is -0.338. The molecule has 2 heterocycles. The second-order valence-electron chi connectivity index (χ2n) is 7.70. The predicted molar refractivity (Wildman–Crippen MR) is 124 cm³/mol. The van der Waals surface area contributed by atoms with E-state index in [2.05, 4.69) is 15.7 Å². The number of fused-ring (bicyclic) bond motifs is 1. The highest BCUT2D eigenvalue weighted by atomic mass is 35.5. The molecule has 0 saturated heterocycles. The number of hydrogen-bond donors (Lipinski definition) is 0. The van der Waals surface area contributed by atoms with E-state index in [1.54, 1.807) is 23.0 Å². The molecule has 0 aliphatic heterocycles. The molecule has 0 amide bonds. The molecule has 0 spiro atoms. The molecule has 0 saturated carbocycles. The Morgan fingerprint density at radius 1 is 1.10 bits per heavy atom. The van der Waals surface area contributed by atoms with Crippen molar-refractivity contribution in [1.29, 1.82) is 0 Å². The van der Waals surface area contributed by atoms with Gasteiger partial charge in [-0.3, -0.25) is 9.36 Å². The Bertz CT molecular complexity index is 1260. The fourth-order valence-corrected chi connectivity index (χ4v) is 3.87. The lowest BCUT2D eigenvalue weighted by molar-refractivity contribution is 0.298. The number of alkyl halides is 1. The molecule has 0 unspecified atom stereocenters. The number of nitrogens with zero attached hydrogens (tertiary/aromatic N) is 4. The lowest BCUT2D eigenvalue weighted by atomic mass is 10.1. The van der Waals surface area contributed by atoms with Crippen LogP contribution in [0.25, 0.3) is 27.8 Å². The van der Waals surface area contributed by atoms with E-state index in [1.807, 2.05) is 49.3 Å². The fourth-order valence-electron chi connectivity index (χ4n) is 3.75. The third-order valence-electron chi connectivity index (χ3n) is 5.51. The van der Waals surface area contributed by atoms with Gasteiger partial charge in [0.1, 0.15) is 13.0 Å². The predicted octanol–water partition coefficient (Wildman–Crippen LogP) is 4.49. The molecular formula is C24H24ClFN4O. The van der Waals surface area contributed by atoms with Crippen molar-refractivity contribution in [3.63, 3.8) is 0 Å². The number of aromatic nitrogens is 3. The van der Waals surface area contributed by atoms with Crippen LogP contribution < -0.4 is 5.56 Å². The van der Waals surface area contributed by atoms with Gasteiger partial charge in [-0.2, -0.15) is 0 Å². The average molecular weight is 439 g/mol. The van der Waals surface area contributed by atoms with Crippen LogP contribution in [0.3, 0.4) is 0 Å². The smallest absolute Gasteiger partial charge is 0.258 e. The second kappa shape index (κ2) is 9.04. The van der Waals surface area contributed by atoms with Crippen LogP contribution in [0, 0.1) is 0 Å². The molecule has 4 rings (SSSR count). The van der Waals surface area contributed by atoms with Crippen LogP contribution in [0.15, 0.2) is 65.8 Å². The molecule has 0 atom stereocenters. The van der Waals surface area contributed by atoms with Crippen molar-refractivity contribution in [2.45, 2.75) is 6.42 Å². The minimum absolute atomic E-state index is 0.151. The first kappa shape index (κ1) is 21.3. The molecule has 5 nitrogen and oxygen atoms in total. The van der Waals surface area contributed by atoms with Crippen LogP contribution in [-0.4, -0.2) is 45.8 Å². The quantitative estimate of drug-likeness (QED) is 0.427. The molecule has 0 aliphatic carbocycles. The summed E-state index contributed by atoms with van der Waals surface area (Å²) >= 11 is 5.94. The monoisotopic (exact) mass is 438 g/mol. The van der Waals surface area contributed by atoms with Crippen molar-refractivity contribution >= 4 is 22.5 Å². The van der Waals surface area contributed by atoms with Gasteiger partial charge in [0.25, 0.3) is 5.56 Å². The molecule has 0 aliphatic rings. The Hall–Kier alpha value is -2.96. The van der Waals surface area contributed by atoms with Gasteiger partial charge in [-0.25, -0.2) is 9.37 Å². The molecule has 2 aromatic heterocycles. The van der Waals surface area contributed by atoms with E-state index in [-0.39, 0.29) is 12.2 Å². The Morgan fingerprint density at radius 2 is 1.87 bits per heavy atom. The topological polar surface area (TPSA) is 43.1 Å². The normalized spacial score (nSPS) is 11.5. The van der Waals surface area contributed by atoms with Gasteiger partial charge in [0, 0.05) is 48.4 Å². The van der Waals surface area contributed by atoms with Crippen molar-refractivity contribution in [1.82, 2.24) is 19.0 Å². The van der Waals surface area contributed by atoms with Crippen molar-refractivity contribution in [3.8, 4) is 16.9 Å². The maximum absolute atomic E-state index is 12.8. The molecule has 31 heavy (non-hydrogen) atoms. The number of aryl methyl sites for hydroxylation is 1. The molecular weight excluding hydrogens is 415 g/mol. The van der Waals surface area contributed by atoms with E-state index in [9.17, 15) is 9.18 Å². The van der Waals surface area contributed by atoms with Gasteiger partial charge in [-0.1, -0.05) is 29.8 Å². The molecule has 4 aromatic rings. The largest absolute Gasteiger partial charge is 0.350 e. The van der Waals surface area contributed by atoms with Gasteiger partial charge in [0.2, 0.25) is 0 Å². The van der Waals surface area contributed by atoms with Crippen LogP contribution in [0.5, 0.6) is 0 Å². The van der Waals surface area contributed by atoms with E-state index in [0.29, 0.717) is 17.3 Å². The first-order valence-corrected chi connectivity index (χ1v) is 10.5. The summed E-state index contributed by atoms with van der Waals surface area (Å²) < 4.78 is 16.1. The van der Waals surface area contributed by atoms with Crippen molar-refractivity contribution in [2.24, 2.45) is 7.05 Å². The van der Waals surface area contributed by atoms with Crippen molar-refractivity contribution in [3.05, 3.63) is 82.0 Å². The minimum Gasteiger partial charge on any atom is -0.350 e. The molecule has 0 fully saturated rings. The third-order valence-corrected chi connectivity index (χ3v) is 5.77. The zero-order valence-electron chi connectivity index (χ0n) is 17.6. The molecule has 0 radical (unpaired) electrons. The number of benzene rings is 2. The SMILES string of the molecule is CN(CCF)CCc1cn(C)c2cc(-n3cnc(-c4ccc(Cl)cc4)cc3=O)ccc12. The molecule has 0 N–H and O–H groups in total. The van der Waals surface area contributed by atoms with Gasteiger partial charge in [-0.15, -0.1) is 0 Å². The molecule has 2 aromatic carbocycles. The van der Waals surface area contributed by atoms with Gasteiger partial charge in [0.15, 0.2) is 0 Å². The summed E-state index contributed by atoms with van der Waals surface area (Å²) in [5, 5.41) is 1.78. The van der Waals surface area contributed by atoms with Gasteiger partial charge in [0.05, 0.1) is 16.9 Å². The van der Waals surface area contributed by atoms with Crippen molar-refractivity contribution in [2.75, 3.05) is 26.8 Å². The van der Waals surface area contributed by atoms with Crippen molar-refractivity contribution < 1.29 is 4.39 Å². The van der Waals surface area contributed by atoms with Crippen LogP contribution >= 0.6 is 11.6 Å². The summed E-state index contributed by atoms with van der Waals surface area (Å²) in [6.45, 7) is 0.895. The number of halogens is 2. The Kier molecular flexibility index (Phi) is 6.20. The Labute approximate surface area is 185 Å². The third kappa shape index (κ3) is 4.55. The van der Waals surface area contributed by atoms with Crippen LogP contribution in [0.1, 0.15) is 5.56 Å². The molecule has 160 valence electrons. The standard InChI is InChI=1S/C24H24ClFN4O/c1-28(12-10-26)11-9-18-15-29(2)23-13-20(7-8-21(18)23)30-16-27-22(14-24(30)31)17-3-5-19(25)6-4-17/h3-8,13-16H,9-12H2,1-2H3. The summed E-state index contributed by atoms with van der Waals surface area (Å²) in [6.07, 6.45) is 4.50. The Balaban J connectivity index is 1.63. The lowest BCUT2D eigenvalue weighted by Crippen LogP contribution is -2.23. The Morgan fingerprint density at radius 3 is 2.58 bits per heavy atom. The molecule has 0 bridgehead atoms. The highest BCUT2D eigenvalue weighted by Gasteiger charge is 2.11. The maximum Gasteiger partial charge on any atom is 0.258 e. The summed E-state index contributed by atoms with van der Waals surface area (Å²) in [7, 11) is 3.92. The first-order chi connectivity index (χ1) is 15.0. The number of hydrogen-bond acceptors (Lipinski definition) is 3. The fraction of sp³-hybridized carbons (Fsp3) is 0.250. The summed E-state index contributed by atoms with van der Waals surface area (Å²) in [5.41, 5.74) is 4.30. The second-order valence-corrected chi connectivity index (χ2v) is 8.13. The maximum atomic E-state index is 12.8. The summed E-state index contributed by atoms with van der Waals surface area (Å²) in [5.74, 6) is 0. The highest BCUT2D eigenvalue weighted by molar-refractivity contribution is 6.30. The average Bonchev–Trinajstić information content (AvgIpc) is 3.08. The van der Waals surface area contributed by atoms with E-state index in [1.165, 1.54) is 11.6 Å². The van der Waals surface area contributed by atoms with E-state index >= 15 is 0 Å². The van der Waals surface area contributed by atoms with Gasteiger partial charge in [-0.05, 0) is 43.3 Å². The number of likely N-dealkylation sites (N-methyl/N-ethyl adjacent to an activating group) is 1. The van der Waals surface area contributed by atoms with E-state index in [4.69, 9.17) is 11.6 Å². The van der Waals surface area contributed by atoms with Gasteiger partial charge < -0.3 is 9.47 Å². The van der Waals surface area contributed by atoms with E-state index < -0.39 is 0 Å².